The second kappa shape index (κ2) is 6.60. The van der Waals surface area contributed by atoms with Crippen molar-refractivity contribution in [1.29, 1.82) is 0 Å². The van der Waals surface area contributed by atoms with Crippen molar-refractivity contribution in [2.45, 2.75) is 46.0 Å². The third-order valence-electron chi connectivity index (χ3n) is 3.88. The maximum Gasteiger partial charge on any atom is 0.0316 e. The van der Waals surface area contributed by atoms with E-state index >= 15 is 0 Å². The average Bonchev–Trinajstić information content (AvgIpc) is 2.42. The number of nitrogen functional groups attached to an aromatic ring is 1. The van der Waals surface area contributed by atoms with Gasteiger partial charge in [-0.3, -0.25) is 0 Å². The molecule has 0 amide bonds. The van der Waals surface area contributed by atoms with Crippen molar-refractivity contribution in [2.24, 2.45) is 0 Å². The van der Waals surface area contributed by atoms with Crippen molar-refractivity contribution in [3.63, 3.8) is 0 Å². The second-order valence-electron chi connectivity index (χ2n) is 5.80. The lowest BCUT2D eigenvalue weighted by Gasteiger charge is -2.17. The molecule has 2 N–H and O–H groups in total. The molecular formula is C19H25N. The SMILES string of the molecule is CCCc1cc(N)ccc1C(C)Cc1ccc(C)cc1. The lowest BCUT2D eigenvalue weighted by molar-refractivity contribution is 0.740. The van der Waals surface area contributed by atoms with Crippen molar-refractivity contribution in [3.8, 4) is 0 Å². The molecule has 2 aromatic rings. The fourth-order valence-electron chi connectivity index (χ4n) is 2.78. The molecule has 0 fully saturated rings. The number of nitrogens with two attached hydrogens (primary N) is 1. The minimum Gasteiger partial charge on any atom is -0.399 e. The molecule has 20 heavy (non-hydrogen) atoms. The Morgan fingerprint density at radius 2 is 1.75 bits per heavy atom. The van der Waals surface area contributed by atoms with Crippen LogP contribution in [0.4, 0.5) is 5.69 Å². The molecule has 0 heterocycles. The van der Waals surface area contributed by atoms with Gasteiger partial charge in [-0.15, -0.1) is 0 Å². The van der Waals surface area contributed by atoms with E-state index in [1.54, 1.807) is 0 Å². The molecule has 0 spiro atoms. The monoisotopic (exact) mass is 267 g/mol. The molecule has 2 aromatic carbocycles. The highest BCUT2D eigenvalue weighted by molar-refractivity contribution is 5.46. The standard InChI is InChI=1S/C19H25N/c1-4-5-17-13-18(20)10-11-19(17)15(3)12-16-8-6-14(2)7-9-16/h6-11,13,15H,4-5,12,20H2,1-3H3. The van der Waals surface area contributed by atoms with Crippen LogP contribution in [0.25, 0.3) is 0 Å². The Morgan fingerprint density at radius 1 is 1.05 bits per heavy atom. The van der Waals surface area contributed by atoms with Crippen molar-refractivity contribution < 1.29 is 0 Å². The molecule has 0 saturated carbocycles. The smallest absolute Gasteiger partial charge is 0.0316 e. The maximum atomic E-state index is 5.93. The first-order valence-corrected chi connectivity index (χ1v) is 7.54. The van der Waals surface area contributed by atoms with E-state index in [1.807, 2.05) is 6.07 Å². The fraction of sp³-hybridized carbons (Fsp3) is 0.368. The molecule has 1 heteroatoms. The van der Waals surface area contributed by atoms with E-state index in [0.29, 0.717) is 5.92 Å². The van der Waals surface area contributed by atoms with E-state index < -0.39 is 0 Å². The van der Waals surface area contributed by atoms with Gasteiger partial charge in [0.15, 0.2) is 0 Å². The Bertz CT molecular complexity index is 554. The number of hydrogen-bond acceptors (Lipinski definition) is 1. The van der Waals surface area contributed by atoms with Crippen LogP contribution < -0.4 is 5.73 Å². The molecule has 0 aromatic heterocycles. The van der Waals surface area contributed by atoms with Crippen LogP contribution in [0.2, 0.25) is 0 Å². The van der Waals surface area contributed by atoms with E-state index in [2.05, 4.69) is 57.2 Å². The average molecular weight is 267 g/mol. The first kappa shape index (κ1) is 14.6. The van der Waals surface area contributed by atoms with Crippen LogP contribution in [-0.4, -0.2) is 0 Å². The Hall–Kier alpha value is -1.76. The van der Waals surface area contributed by atoms with Gasteiger partial charge in [0.25, 0.3) is 0 Å². The molecule has 106 valence electrons. The highest BCUT2D eigenvalue weighted by Gasteiger charge is 2.11. The predicted molar refractivity (Wildman–Crippen MR) is 88.1 cm³/mol. The van der Waals surface area contributed by atoms with Crippen LogP contribution in [-0.2, 0) is 12.8 Å². The molecule has 0 aliphatic heterocycles. The van der Waals surface area contributed by atoms with E-state index in [1.165, 1.54) is 22.3 Å². The summed E-state index contributed by atoms with van der Waals surface area (Å²) in [4.78, 5) is 0. The molecule has 0 bridgehead atoms. The van der Waals surface area contributed by atoms with E-state index in [4.69, 9.17) is 5.73 Å². The molecule has 1 unspecified atom stereocenters. The van der Waals surface area contributed by atoms with Crippen LogP contribution in [0.3, 0.4) is 0 Å². The maximum absolute atomic E-state index is 5.93. The quantitative estimate of drug-likeness (QED) is 0.768. The van der Waals surface area contributed by atoms with Gasteiger partial charge in [-0.2, -0.15) is 0 Å². The Kier molecular flexibility index (Phi) is 4.84. The van der Waals surface area contributed by atoms with E-state index in [0.717, 1.165) is 24.9 Å². The topological polar surface area (TPSA) is 26.0 Å². The fourth-order valence-corrected chi connectivity index (χ4v) is 2.78. The zero-order chi connectivity index (χ0) is 14.5. The largest absolute Gasteiger partial charge is 0.399 e. The Balaban J connectivity index is 2.19. The molecule has 1 atom stereocenters. The molecule has 2 rings (SSSR count). The minimum atomic E-state index is 0.528. The van der Waals surface area contributed by atoms with Gasteiger partial charge in [0.2, 0.25) is 0 Å². The zero-order valence-electron chi connectivity index (χ0n) is 12.8. The summed E-state index contributed by atoms with van der Waals surface area (Å²) in [5.41, 5.74) is 12.4. The summed E-state index contributed by atoms with van der Waals surface area (Å²) >= 11 is 0. The van der Waals surface area contributed by atoms with Crippen LogP contribution in [0.15, 0.2) is 42.5 Å². The predicted octanol–water partition coefficient (Wildman–Crippen LogP) is 4.88. The summed E-state index contributed by atoms with van der Waals surface area (Å²) in [6.07, 6.45) is 3.35. The van der Waals surface area contributed by atoms with E-state index in [9.17, 15) is 0 Å². The first-order chi connectivity index (χ1) is 9.60. The molecule has 0 aliphatic carbocycles. The van der Waals surface area contributed by atoms with Crippen LogP contribution >= 0.6 is 0 Å². The molecular weight excluding hydrogens is 242 g/mol. The van der Waals surface area contributed by atoms with Gasteiger partial charge in [0.1, 0.15) is 0 Å². The highest BCUT2D eigenvalue weighted by atomic mass is 14.5. The van der Waals surface area contributed by atoms with Crippen molar-refractivity contribution >= 4 is 5.69 Å². The molecule has 0 radical (unpaired) electrons. The lowest BCUT2D eigenvalue weighted by Crippen LogP contribution is -2.04. The van der Waals surface area contributed by atoms with Gasteiger partial charge in [0, 0.05) is 5.69 Å². The molecule has 0 saturated heterocycles. The summed E-state index contributed by atoms with van der Waals surface area (Å²) in [6.45, 7) is 6.66. The summed E-state index contributed by atoms with van der Waals surface area (Å²) in [5.74, 6) is 0.528. The normalized spacial score (nSPS) is 12.3. The summed E-state index contributed by atoms with van der Waals surface area (Å²) in [7, 11) is 0. The minimum absolute atomic E-state index is 0.528. The Labute approximate surface area is 122 Å². The van der Waals surface area contributed by atoms with Crippen molar-refractivity contribution in [2.75, 3.05) is 5.73 Å². The summed E-state index contributed by atoms with van der Waals surface area (Å²) < 4.78 is 0. The van der Waals surface area contributed by atoms with Gasteiger partial charge >= 0.3 is 0 Å². The Morgan fingerprint density at radius 3 is 2.40 bits per heavy atom. The number of aryl methyl sites for hydroxylation is 2. The van der Waals surface area contributed by atoms with E-state index in [-0.39, 0.29) is 0 Å². The van der Waals surface area contributed by atoms with Gasteiger partial charge in [0.05, 0.1) is 0 Å². The van der Waals surface area contributed by atoms with Crippen LogP contribution in [0.1, 0.15) is 48.4 Å². The first-order valence-electron chi connectivity index (χ1n) is 7.54. The third kappa shape index (κ3) is 3.63. The second-order valence-corrected chi connectivity index (χ2v) is 5.80. The third-order valence-corrected chi connectivity index (χ3v) is 3.88. The lowest BCUT2D eigenvalue weighted by atomic mass is 9.88. The molecule has 1 nitrogen and oxygen atoms in total. The zero-order valence-corrected chi connectivity index (χ0v) is 12.8. The number of rotatable bonds is 5. The summed E-state index contributed by atoms with van der Waals surface area (Å²) in [6, 6.07) is 15.2. The van der Waals surface area contributed by atoms with Gasteiger partial charge < -0.3 is 5.73 Å². The molecule has 0 aliphatic rings. The van der Waals surface area contributed by atoms with Crippen LogP contribution in [0, 0.1) is 6.92 Å². The van der Waals surface area contributed by atoms with Crippen molar-refractivity contribution in [1.82, 2.24) is 0 Å². The number of hydrogen-bond donors (Lipinski definition) is 1. The summed E-state index contributed by atoms with van der Waals surface area (Å²) in [5, 5.41) is 0. The highest BCUT2D eigenvalue weighted by Crippen LogP contribution is 2.26. The van der Waals surface area contributed by atoms with Crippen molar-refractivity contribution in [3.05, 3.63) is 64.7 Å². The number of benzene rings is 2. The van der Waals surface area contributed by atoms with Gasteiger partial charge in [-0.25, -0.2) is 0 Å². The van der Waals surface area contributed by atoms with Crippen LogP contribution in [0.5, 0.6) is 0 Å². The number of anilines is 1. The van der Waals surface area contributed by atoms with Gasteiger partial charge in [-0.05, 0) is 54.5 Å². The van der Waals surface area contributed by atoms with Gasteiger partial charge in [-0.1, -0.05) is 56.2 Å².